The third-order valence-electron chi connectivity index (χ3n) is 2.69. The van der Waals surface area contributed by atoms with E-state index in [1.807, 2.05) is 0 Å². The van der Waals surface area contributed by atoms with E-state index in [-0.39, 0.29) is 16.8 Å². The van der Waals surface area contributed by atoms with Gasteiger partial charge in [0.2, 0.25) is 0 Å². The van der Waals surface area contributed by atoms with Crippen LogP contribution in [0.1, 0.15) is 10.4 Å². The summed E-state index contributed by atoms with van der Waals surface area (Å²) in [5.74, 6) is 0.402. The highest BCUT2D eigenvalue weighted by Crippen LogP contribution is 2.12. The summed E-state index contributed by atoms with van der Waals surface area (Å²) < 4.78 is 6.33. The van der Waals surface area contributed by atoms with E-state index in [2.05, 4.69) is 20.9 Å². The van der Waals surface area contributed by atoms with E-state index in [4.69, 9.17) is 4.74 Å². The molecule has 0 saturated carbocycles. The third kappa shape index (κ3) is 3.05. The van der Waals surface area contributed by atoms with Crippen LogP contribution in [-0.4, -0.2) is 22.4 Å². The third-order valence-corrected chi connectivity index (χ3v) is 3.26. The molecule has 20 heavy (non-hydrogen) atoms. The fourth-order valence-corrected chi connectivity index (χ4v) is 1.97. The number of carbonyl (C=O) groups excluding carboxylic acids is 1. The predicted molar refractivity (Wildman–Crippen MR) is 76.3 cm³/mol. The van der Waals surface area contributed by atoms with Crippen molar-refractivity contribution in [3.63, 3.8) is 0 Å². The first-order chi connectivity index (χ1) is 9.51. The number of hydrogen-bond acceptors (Lipinski definition) is 4. The minimum absolute atomic E-state index is 0.152. The number of nitrogens with one attached hydrogen (secondary N) is 1. The molecule has 1 N–H and O–H groups in total. The minimum Gasteiger partial charge on any atom is -0.497 e. The van der Waals surface area contributed by atoms with Gasteiger partial charge in [0.15, 0.2) is 5.78 Å². The molecule has 0 bridgehead atoms. The summed E-state index contributed by atoms with van der Waals surface area (Å²) >= 11 is 3.01. The Bertz CT molecular complexity index is 746. The average Bonchev–Trinajstić information content (AvgIpc) is 2.44. The first kappa shape index (κ1) is 14.3. The van der Waals surface area contributed by atoms with Crippen molar-refractivity contribution in [2.75, 3.05) is 7.11 Å². The lowest BCUT2D eigenvalue weighted by Gasteiger charge is -2.05. The Morgan fingerprint density at radius 3 is 2.55 bits per heavy atom. The topological polar surface area (TPSA) is 81.2 Å². The van der Waals surface area contributed by atoms with Gasteiger partial charge >= 0.3 is 5.69 Å². The zero-order valence-electron chi connectivity index (χ0n) is 10.6. The Morgan fingerprint density at radius 1 is 1.30 bits per heavy atom. The van der Waals surface area contributed by atoms with Crippen LogP contribution in [0.3, 0.4) is 0 Å². The second kappa shape index (κ2) is 5.87. The number of ketones is 1. The standard InChI is InChI=1S/C13H11BrN2O4/c1-20-9-4-2-8(3-5-9)11(17)7-16-6-10(14)12(18)15-13(16)19/h2-6H,7H2,1H3,(H,15,18,19). The van der Waals surface area contributed by atoms with Crippen molar-refractivity contribution in [3.05, 3.63) is 61.3 Å². The molecule has 0 radical (unpaired) electrons. The van der Waals surface area contributed by atoms with Crippen LogP contribution in [0, 0.1) is 0 Å². The van der Waals surface area contributed by atoms with Crippen LogP contribution in [-0.2, 0) is 6.54 Å². The fourth-order valence-electron chi connectivity index (χ4n) is 1.62. The van der Waals surface area contributed by atoms with Gasteiger partial charge in [-0.05, 0) is 40.2 Å². The van der Waals surface area contributed by atoms with Crippen molar-refractivity contribution in [1.29, 1.82) is 0 Å². The molecule has 0 fully saturated rings. The molecule has 0 spiro atoms. The number of benzene rings is 1. The summed E-state index contributed by atoms with van der Waals surface area (Å²) in [5, 5.41) is 0. The van der Waals surface area contributed by atoms with E-state index in [9.17, 15) is 14.4 Å². The van der Waals surface area contributed by atoms with Gasteiger partial charge in [-0.3, -0.25) is 19.1 Å². The van der Waals surface area contributed by atoms with Gasteiger partial charge in [0.25, 0.3) is 5.56 Å². The Balaban J connectivity index is 2.25. The van der Waals surface area contributed by atoms with E-state index in [0.29, 0.717) is 11.3 Å². The largest absolute Gasteiger partial charge is 0.497 e. The quantitative estimate of drug-likeness (QED) is 0.849. The van der Waals surface area contributed by atoms with E-state index in [1.54, 1.807) is 24.3 Å². The lowest BCUT2D eigenvalue weighted by Crippen LogP contribution is -2.31. The first-order valence-electron chi connectivity index (χ1n) is 5.68. The van der Waals surface area contributed by atoms with Gasteiger partial charge in [0.1, 0.15) is 5.75 Å². The predicted octanol–water partition coefficient (Wildman–Crippen LogP) is 1.19. The van der Waals surface area contributed by atoms with Gasteiger partial charge in [-0.25, -0.2) is 4.79 Å². The molecule has 104 valence electrons. The molecule has 0 aliphatic carbocycles. The number of rotatable bonds is 4. The van der Waals surface area contributed by atoms with Gasteiger partial charge in [0, 0.05) is 11.8 Å². The van der Waals surface area contributed by atoms with E-state index < -0.39 is 11.2 Å². The molecule has 0 aliphatic heterocycles. The summed E-state index contributed by atoms with van der Waals surface area (Å²) in [4.78, 5) is 36.9. The number of aromatic nitrogens is 2. The summed E-state index contributed by atoms with van der Waals surface area (Å²) in [6.07, 6.45) is 1.29. The van der Waals surface area contributed by atoms with E-state index >= 15 is 0 Å². The van der Waals surface area contributed by atoms with Gasteiger partial charge in [0.05, 0.1) is 18.1 Å². The van der Waals surface area contributed by atoms with Crippen LogP contribution in [0.4, 0.5) is 0 Å². The molecule has 0 saturated heterocycles. The molecule has 0 atom stereocenters. The lowest BCUT2D eigenvalue weighted by molar-refractivity contribution is 0.0970. The number of methoxy groups -OCH3 is 1. The summed E-state index contributed by atoms with van der Waals surface area (Å²) in [7, 11) is 1.54. The van der Waals surface area contributed by atoms with Crippen molar-refractivity contribution >= 4 is 21.7 Å². The molecular weight excluding hydrogens is 328 g/mol. The second-order valence-electron chi connectivity index (χ2n) is 4.02. The highest BCUT2D eigenvalue weighted by Gasteiger charge is 2.09. The molecule has 6 nitrogen and oxygen atoms in total. The highest BCUT2D eigenvalue weighted by molar-refractivity contribution is 9.10. The maximum Gasteiger partial charge on any atom is 0.328 e. The minimum atomic E-state index is -0.625. The van der Waals surface area contributed by atoms with Crippen molar-refractivity contribution in [3.8, 4) is 5.75 Å². The molecule has 1 aromatic carbocycles. The number of ether oxygens (including phenoxy) is 1. The Hall–Kier alpha value is -2.15. The molecular formula is C13H11BrN2O4. The van der Waals surface area contributed by atoms with Crippen LogP contribution >= 0.6 is 15.9 Å². The molecule has 0 aliphatic rings. The SMILES string of the molecule is COc1ccc(C(=O)Cn2cc(Br)c(=O)[nH]c2=O)cc1. The first-order valence-corrected chi connectivity index (χ1v) is 6.47. The highest BCUT2D eigenvalue weighted by atomic mass is 79.9. The number of nitrogens with zero attached hydrogens (tertiary/aromatic N) is 1. The normalized spacial score (nSPS) is 10.3. The van der Waals surface area contributed by atoms with Crippen LogP contribution in [0.2, 0.25) is 0 Å². The Labute approximate surface area is 122 Å². The van der Waals surface area contributed by atoms with Gasteiger partial charge in [-0.2, -0.15) is 0 Å². The van der Waals surface area contributed by atoms with E-state index in [0.717, 1.165) is 4.57 Å². The van der Waals surface area contributed by atoms with E-state index in [1.165, 1.54) is 13.3 Å². The summed E-state index contributed by atoms with van der Waals surface area (Å²) in [5.41, 5.74) is -0.691. The number of carbonyl (C=O) groups is 1. The van der Waals surface area contributed by atoms with Gasteiger partial charge in [-0.1, -0.05) is 0 Å². The van der Waals surface area contributed by atoms with Crippen molar-refractivity contribution in [1.82, 2.24) is 9.55 Å². The maximum absolute atomic E-state index is 12.1. The Morgan fingerprint density at radius 2 is 1.95 bits per heavy atom. The van der Waals surface area contributed by atoms with Crippen molar-refractivity contribution in [2.45, 2.75) is 6.54 Å². The summed E-state index contributed by atoms with van der Waals surface area (Å²) in [6.45, 7) is -0.152. The molecule has 2 aromatic rings. The molecule has 0 unspecified atom stereocenters. The summed E-state index contributed by atoms with van der Waals surface area (Å²) in [6, 6.07) is 6.57. The zero-order valence-corrected chi connectivity index (χ0v) is 12.1. The molecule has 2 rings (SSSR count). The van der Waals surface area contributed by atoms with Crippen LogP contribution in [0.25, 0.3) is 0 Å². The molecule has 7 heteroatoms. The van der Waals surface area contributed by atoms with Crippen LogP contribution in [0.15, 0.2) is 44.5 Å². The van der Waals surface area contributed by atoms with Crippen LogP contribution < -0.4 is 16.0 Å². The zero-order chi connectivity index (χ0) is 14.7. The van der Waals surface area contributed by atoms with Gasteiger partial charge in [-0.15, -0.1) is 0 Å². The molecule has 1 heterocycles. The number of H-pyrrole nitrogens is 1. The Kier molecular flexibility index (Phi) is 4.19. The smallest absolute Gasteiger partial charge is 0.328 e. The van der Waals surface area contributed by atoms with Gasteiger partial charge < -0.3 is 4.74 Å². The average molecular weight is 339 g/mol. The molecule has 1 aromatic heterocycles. The van der Waals surface area contributed by atoms with Crippen molar-refractivity contribution in [2.24, 2.45) is 0 Å². The lowest BCUT2D eigenvalue weighted by atomic mass is 10.1. The monoisotopic (exact) mass is 338 g/mol. The van der Waals surface area contributed by atoms with Crippen LogP contribution in [0.5, 0.6) is 5.75 Å². The fraction of sp³-hybridized carbons (Fsp3) is 0.154. The molecule has 0 amide bonds. The second-order valence-corrected chi connectivity index (χ2v) is 4.87. The van der Waals surface area contributed by atoms with Crippen molar-refractivity contribution < 1.29 is 9.53 Å². The number of halogens is 1. The number of hydrogen-bond donors (Lipinski definition) is 1. The maximum atomic E-state index is 12.1. The number of Topliss-reactive ketones (excluding diaryl/α,β-unsaturated/α-hetero) is 1. The number of aromatic amines is 1.